The van der Waals surface area contributed by atoms with Crippen LogP contribution in [0.15, 0.2) is 95.5 Å². The fourth-order valence-corrected chi connectivity index (χ4v) is 8.84. The molecule has 4 nitrogen and oxygen atoms in total. The summed E-state index contributed by atoms with van der Waals surface area (Å²) in [6.07, 6.45) is 0. The summed E-state index contributed by atoms with van der Waals surface area (Å²) in [6.45, 7) is 0. The predicted molar refractivity (Wildman–Crippen MR) is 109 cm³/mol. The van der Waals surface area contributed by atoms with Crippen molar-refractivity contribution in [3.05, 3.63) is 91.0 Å². The fraction of sp³-hybridized carbons (Fsp3) is 0.100. The van der Waals surface area contributed by atoms with E-state index in [4.69, 9.17) is 13.6 Å². The molecule has 3 aromatic rings. The van der Waals surface area contributed by atoms with Gasteiger partial charge in [0.25, 0.3) is 0 Å². The molecule has 0 fully saturated rings. The minimum Gasteiger partial charge on any atom is -0.294 e. The molecule has 0 N–H and O–H groups in total. The van der Waals surface area contributed by atoms with Crippen LogP contribution in [0.2, 0.25) is 0 Å². The highest BCUT2D eigenvalue weighted by Gasteiger charge is 2.33. The number of hydrogen-bond donors (Lipinski definition) is 0. The standard InChI is InChI=1S/C20H21NO3P2/c1-23-26(22,24-2)21-25(18-12-6-3-7-13-18,19-14-8-4-9-15-19)20-16-10-5-11-17-20/h3-17H,1-2H3. The first-order valence-electron chi connectivity index (χ1n) is 8.17. The topological polar surface area (TPSA) is 47.9 Å². The zero-order valence-corrected chi connectivity index (χ0v) is 16.5. The first-order chi connectivity index (χ1) is 12.6. The molecule has 0 amide bonds. The van der Waals surface area contributed by atoms with Gasteiger partial charge in [0, 0.05) is 30.1 Å². The molecular weight excluding hydrogens is 364 g/mol. The Bertz CT molecular complexity index is 833. The van der Waals surface area contributed by atoms with E-state index >= 15 is 0 Å². The lowest BCUT2D eigenvalue weighted by Crippen LogP contribution is -2.25. The molecule has 0 aliphatic rings. The van der Waals surface area contributed by atoms with Crippen LogP contribution in [0.3, 0.4) is 0 Å². The van der Waals surface area contributed by atoms with Gasteiger partial charge in [-0.25, -0.2) is 4.57 Å². The Balaban J connectivity index is 2.48. The molecule has 0 bridgehead atoms. The highest BCUT2D eigenvalue weighted by molar-refractivity contribution is 7.90. The Morgan fingerprint density at radius 3 is 1.19 bits per heavy atom. The molecule has 0 saturated carbocycles. The SMILES string of the molecule is COP(=O)(N=P(c1ccccc1)(c1ccccc1)c1ccccc1)OC. The van der Waals surface area contributed by atoms with Crippen molar-refractivity contribution in [1.29, 1.82) is 0 Å². The Kier molecular flexibility index (Phi) is 5.90. The van der Waals surface area contributed by atoms with Gasteiger partial charge in [0.2, 0.25) is 0 Å². The van der Waals surface area contributed by atoms with E-state index in [2.05, 4.69) is 0 Å². The monoisotopic (exact) mass is 385 g/mol. The minimum atomic E-state index is -3.62. The van der Waals surface area contributed by atoms with Crippen molar-refractivity contribution in [2.24, 2.45) is 4.52 Å². The van der Waals surface area contributed by atoms with Gasteiger partial charge in [-0.2, -0.15) is 4.52 Å². The molecule has 0 aliphatic carbocycles. The number of benzene rings is 3. The van der Waals surface area contributed by atoms with Crippen LogP contribution in [0, 0.1) is 0 Å². The number of hydrogen-bond acceptors (Lipinski definition) is 3. The molecule has 3 aromatic carbocycles. The van der Waals surface area contributed by atoms with Crippen molar-refractivity contribution in [2.45, 2.75) is 0 Å². The van der Waals surface area contributed by atoms with E-state index in [1.165, 1.54) is 14.2 Å². The second-order valence-electron chi connectivity index (χ2n) is 5.57. The van der Waals surface area contributed by atoms with Gasteiger partial charge in [-0.3, -0.25) is 9.05 Å². The van der Waals surface area contributed by atoms with Crippen molar-refractivity contribution in [3.63, 3.8) is 0 Å². The Morgan fingerprint density at radius 2 is 0.923 bits per heavy atom. The molecule has 3 rings (SSSR count). The van der Waals surface area contributed by atoms with Crippen LogP contribution in [0.1, 0.15) is 0 Å². The molecule has 0 aromatic heterocycles. The molecule has 0 radical (unpaired) electrons. The van der Waals surface area contributed by atoms with Gasteiger partial charge in [-0.05, 0) is 0 Å². The van der Waals surface area contributed by atoms with Crippen LogP contribution in [0.5, 0.6) is 0 Å². The van der Waals surface area contributed by atoms with Crippen LogP contribution in [0.25, 0.3) is 0 Å². The third-order valence-electron chi connectivity index (χ3n) is 4.09. The quantitative estimate of drug-likeness (QED) is 0.584. The molecule has 0 unspecified atom stereocenters. The number of nitrogens with zero attached hydrogens (tertiary/aromatic N) is 1. The van der Waals surface area contributed by atoms with Gasteiger partial charge in [-0.15, -0.1) is 0 Å². The summed E-state index contributed by atoms with van der Waals surface area (Å²) in [5.41, 5.74) is 0. The van der Waals surface area contributed by atoms with Gasteiger partial charge in [0.05, 0.1) is 7.05 Å². The highest BCUT2D eigenvalue weighted by atomic mass is 31.2. The van der Waals surface area contributed by atoms with E-state index in [-0.39, 0.29) is 0 Å². The number of rotatable bonds is 6. The van der Waals surface area contributed by atoms with Crippen molar-refractivity contribution in [3.8, 4) is 0 Å². The first-order valence-corrected chi connectivity index (χ1v) is 11.4. The second kappa shape index (κ2) is 8.16. The zero-order valence-electron chi connectivity index (χ0n) is 14.7. The molecule has 0 aliphatic heterocycles. The van der Waals surface area contributed by atoms with Crippen LogP contribution in [-0.4, -0.2) is 14.2 Å². The zero-order chi connectivity index (χ0) is 18.5. The van der Waals surface area contributed by atoms with Gasteiger partial charge in [0.15, 0.2) is 0 Å². The molecule has 0 spiro atoms. The summed E-state index contributed by atoms with van der Waals surface area (Å²) in [6, 6.07) is 29.8. The fourth-order valence-electron chi connectivity index (χ4n) is 2.85. The lowest BCUT2D eigenvalue weighted by molar-refractivity contribution is 0.278. The Hall–Kier alpha value is -1.96. The summed E-state index contributed by atoms with van der Waals surface area (Å²) in [4.78, 5) is 0. The average molecular weight is 385 g/mol. The first kappa shape index (κ1) is 18.8. The van der Waals surface area contributed by atoms with E-state index < -0.39 is 14.8 Å². The molecule has 0 atom stereocenters. The lowest BCUT2D eigenvalue weighted by Gasteiger charge is -2.28. The molecule has 6 heteroatoms. The molecule has 0 heterocycles. The van der Waals surface area contributed by atoms with Crippen LogP contribution in [-0.2, 0) is 13.6 Å². The largest absolute Gasteiger partial charge is 0.452 e. The van der Waals surface area contributed by atoms with E-state index in [0.29, 0.717) is 0 Å². The van der Waals surface area contributed by atoms with Gasteiger partial charge >= 0.3 is 7.75 Å². The van der Waals surface area contributed by atoms with E-state index in [9.17, 15) is 4.57 Å². The van der Waals surface area contributed by atoms with Crippen LogP contribution >= 0.6 is 14.8 Å². The summed E-state index contributed by atoms with van der Waals surface area (Å²) in [7, 11) is -3.49. The van der Waals surface area contributed by atoms with E-state index in [0.717, 1.165) is 15.9 Å². The third kappa shape index (κ3) is 3.60. The van der Waals surface area contributed by atoms with Gasteiger partial charge in [0.1, 0.15) is 0 Å². The van der Waals surface area contributed by atoms with Crippen LogP contribution < -0.4 is 15.9 Å². The molecule has 26 heavy (non-hydrogen) atoms. The molecule has 134 valence electrons. The lowest BCUT2D eigenvalue weighted by atomic mass is 10.4. The van der Waals surface area contributed by atoms with Crippen molar-refractivity contribution < 1.29 is 13.6 Å². The highest BCUT2D eigenvalue weighted by Crippen LogP contribution is 2.60. The Morgan fingerprint density at radius 1 is 0.615 bits per heavy atom. The summed E-state index contributed by atoms with van der Waals surface area (Å²) >= 11 is 0. The smallest absolute Gasteiger partial charge is 0.294 e. The van der Waals surface area contributed by atoms with Crippen molar-refractivity contribution >= 4 is 30.7 Å². The maximum absolute atomic E-state index is 13.1. The summed E-state index contributed by atoms with van der Waals surface area (Å²) < 4.78 is 28.3. The van der Waals surface area contributed by atoms with Crippen LogP contribution in [0.4, 0.5) is 0 Å². The average Bonchev–Trinajstić information content (AvgIpc) is 2.74. The second-order valence-corrected chi connectivity index (χ2v) is 10.8. The summed E-state index contributed by atoms with van der Waals surface area (Å²) in [5, 5.41) is 2.98. The molecular formula is C20H21NO3P2. The van der Waals surface area contributed by atoms with Crippen molar-refractivity contribution in [2.75, 3.05) is 14.2 Å². The molecule has 0 saturated heterocycles. The maximum atomic E-state index is 13.1. The van der Waals surface area contributed by atoms with E-state index in [1.807, 2.05) is 91.0 Å². The summed E-state index contributed by atoms with van der Waals surface area (Å²) in [5.74, 6) is 0. The maximum Gasteiger partial charge on any atom is 0.452 e. The third-order valence-corrected chi connectivity index (χ3v) is 10.1. The van der Waals surface area contributed by atoms with Crippen molar-refractivity contribution in [1.82, 2.24) is 0 Å². The van der Waals surface area contributed by atoms with E-state index in [1.54, 1.807) is 0 Å². The minimum absolute atomic E-state index is 0.992. The van der Waals surface area contributed by atoms with Gasteiger partial charge < -0.3 is 0 Å². The predicted octanol–water partition coefficient (Wildman–Crippen LogP) is 4.57. The normalized spacial score (nSPS) is 11.9. The Labute approximate surface area is 154 Å². The van der Waals surface area contributed by atoms with Gasteiger partial charge in [-0.1, -0.05) is 91.0 Å².